The molecule has 0 radical (unpaired) electrons. The molecule has 2 rings (SSSR count). The summed E-state index contributed by atoms with van der Waals surface area (Å²) in [6.07, 6.45) is -7.63. The van der Waals surface area contributed by atoms with Gasteiger partial charge in [0.1, 0.15) is 12.1 Å². The molecule has 0 unspecified atom stereocenters. The van der Waals surface area contributed by atoms with Gasteiger partial charge in [0.15, 0.2) is 0 Å². The fraction of sp³-hybridized carbons (Fsp3) is 0.333. The number of rotatable bonds is 1. The standard InChI is InChI=1S/C9H5F6N3/c10-8(11,12)4-18-6-1-2-16-3-5(6)17-7(18)9(13,14)15/h1-3H,4H2. The summed E-state index contributed by atoms with van der Waals surface area (Å²) in [7, 11) is 0. The Balaban J connectivity index is 2.66. The molecule has 0 saturated heterocycles. The van der Waals surface area contributed by atoms with Crippen molar-refractivity contribution in [2.45, 2.75) is 18.9 Å². The average Bonchev–Trinajstić information content (AvgIpc) is 2.55. The normalized spacial score (nSPS) is 13.2. The summed E-state index contributed by atoms with van der Waals surface area (Å²) in [6.45, 7) is -1.75. The molecule has 0 aliphatic carbocycles. The van der Waals surface area contributed by atoms with Gasteiger partial charge in [0.05, 0.1) is 11.7 Å². The van der Waals surface area contributed by atoms with Crippen LogP contribution in [-0.4, -0.2) is 20.7 Å². The van der Waals surface area contributed by atoms with Gasteiger partial charge in [0, 0.05) is 6.20 Å². The van der Waals surface area contributed by atoms with Crippen molar-refractivity contribution in [2.24, 2.45) is 0 Å². The first-order valence-corrected chi connectivity index (χ1v) is 4.63. The van der Waals surface area contributed by atoms with E-state index in [9.17, 15) is 26.3 Å². The first-order valence-electron chi connectivity index (χ1n) is 4.63. The summed E-state index contributed by atoms with van der Waals surface area (Å²) < 4.78 is 74.7. The molecule has 3 nitrogen and oxygen atoms in total. The Morgan fingerprint density at radius 2 is 1.78 bits per heavy atom. The molecule has 18 heavy (non-hydrogen) atoms. The third kappa shape index (κ3) is 2.39. The largest absolute Gasteiger partial charge is 0.449 e. The summed E-state index contributed by atoms with van der Waals surface area (Å²) in [6, 6.07) is 1.06. The predicted molar refractivity (Wildman–Crippen MR) is 48.6 cm³/mol. The van der Waals surface area contributed by atoms with E-state index in [0.717, 1.165) is 18.5 Å². The van der Waals surface area contributed by atoms with Crippen LogP contribution in [0, 0.1) is 0 Å². The van der Waals surface area contributed by atoms with Crippen LogP contribution in [0.2, 0.25) is 0 Å². The summed E-state index contributed by atoms with van der Waals surface area (Å²) in [5.41, 5.74) is -0.483. The van der Waals surface area contributed by atoms with Crippen LogP contribution >= 0.6 is 0 Å². The number of alkyl halides is 6. The van der Waals surface area contributed by atoms with E-state index in [0.29, 0.717) is 0 Å². The smallest absolute Gasteiger partial charge is 0.311 e. The SMILES string of the molecule is FC(F)(F)Cn1c(C(F)(F)F)nc2cnccc21. The van der Waals surface area contributed by atoms with Crippen molar-refractivity contribution >= 4 is 11.0 Å². The average molecular weight is 269 g/mol. The van der Waals surface area contributed by atoms with E-state index in [2.05, 4.69) is 9.97 Å². The lowest BCUT2D eigenvalue weighted by atomic mass is 10.4. The lowest BCUT2D eigenvalue weighted by Gasteiger charge is -2.13. The maximum Gasteiger partial charge on any atom is 0.449 e. The second-order valence-electron chi connectivity index (χ2n) is 3.50. The number of nitrogens with zero attached hydrogens (tertiary/aromatic N) is 3. The van der Waals surface area contributed by atoms with Crippen LogP contribution in [-0.2, 0) is 12.7 Å². The molecule has 0 aromatic carbocycles. The van der Waals surface area contributed by atoms with Gasteiger partial charge in [-0.25, -0.2) is 4.98 Å². The minimum Gasteiger partial charge on any atom is -0.311 e. The molecular weight excluding hydrogens is 264 g/mol. The van der Waals surface area contributed by atoms with E-state index in [-0.39, 0.29) is 15.6 Å². The van der Waals surface area contributed by atoms with Crippen molar-refractivity contribution in [3.63, 3.8) is 0 Å². The molecular formula is C9H5F6N3. The summed E-state index contributed by atoms with van der Waals surface area (Å²) in [5, 5.41) is 0. The van der Waals surface area contributed by atoms with Gasteiger partial charge in [-0.3, -0.25) is 4.98 Å². The van der Waals surface area contributed by atoms with Crippen LogP contribution in [0.25, 0.3) is 11.0 Å². The monoisotopic (exact) mass is 269 g/mol. The molecule has 0 aliphatic rings. The first kappa shape index (κ1) is 12.7. The third-order valence-electron chi connectivity index (χ3n) is 2.14. The highest BCUT2D eigenvalue weighted by atomic mass is 19.4. The highest BCUT2D eigenvalue weighted by molar-refractivity contribution is 5.74. The van der Waals surface area contributed by atoms with Gasteiger partial charge >= 0.3 is 12.4 Å². The maximum atomic E-state index is 12.6. The predicted octanol–water partition coefficient (Wildman–Crippen LogP) is 3.01. The Morgan fingerprint density at radius 1 is 1.11 bits per heavy atom. The summed E-state index contributed by atoms with van der Waals surface area (Å²) in [5.74, 6) is -1.58. The van der Waals surface area contributed by atoms with E-state index >= 15 is 0 Å². The van der Waals surface area contributed by atoms with Gasteiger partial charge in [-0.2, -0.15) is 26.3 Å². The van der Waals surface area contributed by atoms with Crippen molar-refractivity contribution < 1.29 is 26.3 Å². The first-order chi connectivity index (χ1) is 8.18. The lowest BCUT2D eigenvalue weighted by molar-refractivity contribution is -0.160. The number of hydrogen-bond donors (Lipinski definition) is 0. The van der Waals surface area contributed by atoms with E-state index < -0.39 is 24.7 Å². The molecule has 0 fully saturated rings. The van der Waals surface area contributed by atoms with Crippen molar-refractivity contribution in [3.8, 4) is 0 Å². The molecule has 0 saturated carbocycles. The zero-order valence-electron chi connectivity index (χ0n) is 8.55. The second-order valence-corrected chi connectivity index (χ2v) is 3.50. The molecule has 2 aromatic heterocycles. The van der Waals surface area contributed by atoms with Crippen molar-refractivity contribution in [3.05, 3.63) is 24.3 Å². The van der Waals surface area contributed by atoms with E-state index in [1.54, 1.807) is 0 Å². The molecule has 2 aromatic rings. The maximum absolute atomic E-state index is 12.6. The number of hydrogen-bond acceptors (Lipinski definition) is 2. The van der Waals surface area contributed by atoms with Crippen molar-refractivity contribution in [2.75, 3.05) is 0 Å². The zero-order valence-corrected chi connectivity index (χ0v) is 8.55. The molecule has 0 amide bonds. The lowest BCUT2D eigenvalue weighted by Crippen LogP contribution is -2.23. The van der Waals surface area contributed by atoms with Crippen LogP contribution in [0.1, 0.15) is 5.82 Å². The molecule has 0 N–H and O–H groups in total. The molecule has 2 heterocycles. The van der Waals surface area contributed by atoms with Crippen LogP contribution in [0.5, 0.6) is 0 Å². The highest BCUT2D eigenvalue weighted by Crippen LogP contribution is 2.33. The Morgan fingerprint density at radius 3 is 2.33 bits per heavy atom. The quantitative estimate of drug-likeness (QED) is 0.745. The van der Waals surface area contributed by atoms with Crippen LogP contribution < -0.4 is 0 Å². The van der Waals surface area contributed by atoms with Gasteiger partial charge in [-0.1, -0.05) is 0 Å². The van der Waals surface area contributed by atoms with Gasteiger partial charge in [0.2, 0.25) is 5.82 Å². The number of aromatic nitrogens is 3. The Bertz CT molecular complexity index is 568. The minimum absolute atomic E-state index is 0.0943. The molecule has 0 aliphatic heterocycles. The van der Waals surface area contributed by atoms with E-state index in [4.69, 9.17) is 0 Å². The van der Waals surface area contributed by atoms with Crippen molar-refractivity contribution in [1.82, 2.24) is 14.5 Å². The Labute approximate surface area is 96.1 Å². The second kappa shape index (κ2) is 3.85. The van der Waals surface area contributed by atoms with Crippen LogP contribution in [0.15, 0.2) is 18.5 Å². The molecule has 0 bridgehead atoms. The van der Waals surface area contributed by atoms with E-state index in [1.165, 1.54) is 0 Å². The third-order valence-corrected chi connectivity index (χ3v) is 2.14. The molecule has 0 spiro atoms. The number of fused-ring (bicyclic) bond motifs is 1. The van der Waals surface area contributed by atoms with Gasteiger partial charge in [-0.15, -0.1) is 0 Å². The fourth-order valence-corrected chi connectivity index (χ4v) is 1.54. The number of halogens is 6. The Kier molecular flexibility index (Phi) is 2.71. The Hall–Kier alpha value is -1.80. The van der Waals surface area contributed by atoms with Gasteiger partial charge in [0.25, 0.3) is 0 Å². The molecule has 0 atom stereocenters. The number of pyridine rings is 1. The highest BCUT2D eigenvalue weighted by Gasteiger charge is 2.40. The fourth-order valence-electron chi connectivity index (χ4n) is 1.54. The van der Waals surface area contributed by atoms with Crippen LogP contribution in [0.3, 0.4) is 0 Å². The summed E-state index contributed by atoms with van der Waals surface area (Å²) in [4.78, 5) is 6.66. The van der Waals surface area contributed by atoms with Crippen LogP contribution in [0.4, 0.5) is 26.3 Å². The van der Waals surface area contributed by atoms with Gasteiger partial charge in [-0.05, 0) is 6.07 Å². The summed E-state index contributed by atoms with van der Waals surface area (Å²) >= 11 is 0. The van der Waals surface area contributed by atoms with Gasteiger partial charge < -0.3 is 4.57 Å². The topological polar surface area (TPSA) is 30.7 Å². The van der Waals surface area contributed by atoms with E-state index in [1.807, 2.05) is 0 Å². The molecule has 98 valence electrons. The molecule has 9 heteroatoms. The minimum atomic E-state index is -4.95. The van der Waals surface area contributed by atoms with Crippen molar-refractivity contribution in [1.29, 1.82) is 0 Å². The number of imidazole rings is 1. The zero-order chi connectivity index (χ0) is 13.6.